The van der Waals surface area contributed by atoms with E-state index in [1.54, 1.807) is 11.5 Å². The Bertz CT molecular complexity index is 1470. The van der Waals surface area contributed by atoms with Crippen molar-refractivity contribution in [2.75, 3.05) is 0 Å². The summed E-state index contributed by atoms with van der Waals surface area (Å²) in [5.41, 5.74) is 0.379. The first-order valence-electron chi connectivity index (χ1n) is 10.7. The number of alkyl carbamates (subject to hydrolysis) is 1. The molecular weight excluding hydrogens is 455 g/mol. The number of nitrogens with one attached hydrogen (secondary N) is 1. The fraction of sp³-hybridized carbons (Fsp3) is 0.160. The van der Waals surface area contributed by atoms with E-state index in [0.717, 1.165) is 11.6 Å². The first-order chi connectivity index (χ1) is 16.9. The Morgan fingerprint density at radius 2 is 1.94 bits per heavy atom. The second-order valence-corrected chi connectivity index (χ2v) is 7.59. The lowest BCUT2D eigenvalue weighted by Gasteiger charge is -2.13. The Kier molecular flexibility index (Phi) is 6.81. The quantitative estimate of drug-likeness (QED) is 0.416. The Morgan fingerprint density at radius 3 is 2.66 bits per heavy atom. The maximum atomic E-state index is 15.0. The molecule has 10 heteroatoms. The molecule has 0 aliphatic carbocycles. The van der Waals surface area contributed by atoms with E-state index in [1.165, 1.54) is 24.5 Å². The lowest BCUT2D eigenvalue weighted by atomic mass is 10.0. The highest BCUT2D eigenvalue weighted by molar-refractivity contribution is 5.93. The third-order valence-corrected chi connectivity index (χ3v) is 5.33. The molecule has 0 unspecified atom stereocenters. The number of hydrogen-bond donors (Lipinski definition) is 2. The van der Waals surface area contributed by atoms with Crippen molar-refractivity contribution in [3.05, 3.63) is 93.9 Å². The van der Waals surface area contributed by atoms with Crippen LogP contribution < -0.4 is 10.7 Å². The lowest BCUT2D eigenvalue weighted by molar-refractivity contribution is 0.0694. The van der Waals surface area contributed by atoms with Gasteiger partial charge in [-0.15, -0.1) is 0 Å². The van der Waals surface area contributed by atoms with Crippen LogP contribution >= 0.6 is 0 Å². The third-order valence-electron chi connectivity index (χ3n) is 5.33. The second kappa shape index (κ2) is 10.1. The molecule has 0 spiro atoms. The maximum Gasteiger partial charge on any atom is 0.407 e. The SMILES string of the molecule is CCn1cc(C(=O)O)c(=O)c2cc(F)c(-c3ccnc(CNC(=O)OCc4ccccc4)n3)cc21. The molecule has 4 aromatic rings. The predicted octanol–water partition coefficient (Wildman–Crippen LogP) is 3.74. The van der Waals surface area contributed by atoms with Crippen molar-refractivity contribution < 1.29 is 23.8 Å². The Balaban J connectivity index is 1.57. The first kappa shape index (κ1) is 23.6. The summed E-state index contributed by atoms with van der Waals surface area (Å²) in [6, 6.07) is 13.2. The Labute approximate surface area is 198 Å². The number of pyridine rings is 1. The van der Waals surface area contributed by atoms with Crippen molar-refractivity contribution in [1.29, 1.82) is 0 Å². The molecule has 2 aromatic heterocycles. The van der Waals surface area contributed by atoms with E-state index in [1.807, 2.05) is 30.3 Å². The third kappa shape index (κ3) is 5.16. The number of ether oxygens (including phenoxy) is 1. The minimum atomic E-state index is -1.38. The molecule has 2 N–H and O–H groups in total. The summed E-state index contributed by atoms with van der Waals surface area (Å²) >= 11 is 0. The molecule has 35 heavy (non-hydrogen) atoms. The van der Waals surface area contributed by atoms with Gasteiger partial charge in [0, 0.05) is 29.9 Å². The average molecular weight is 476 g/mol. The fourth-order valence-electron chi connectivity index (χ4n) is 3.58. The van der Waals surface area contributed by atoms with Gasteiger partial charge in [-0.05, 0) is 30.7 Å². The molecule has 2 aromatic carbocycles. The molecule has 0 saturated carbocycles. The number of aromatic nitrogens is 3. The number of nitrogens with zero attached hydrogens (tertiary/aromatic N) is 3. The van der Waals surface area contributed by atoms with Crippen molar-refractivity contribution in [3.8, 4) is 11.3 Å². The second-order valence-electron chi connectivity index (χ2n) is 7.59. The molecule has 1 amide bonds. The van der Waals surface area contributed by atoms with Gasteiger partial charge in [0.25, 0.3) is 0 Å². The lowest BCUT2D eigenvalue weighted by Crippen LogP contribution is -2.24. The monoisotopic (exact) mass is 476 g/mol. The van der Waals surface area contributed by atoms with E-state index in [2.05, 4.69) is 15.3 Å². The van der Waals surface area contributed by atoms with E-state index in [0.29, 0.717) is 12.1 Å². The van der Waals surface area contributed by atoms with Crippen molar-refractivity contribution in [2.24, 2.45) is 0 Å². The minimum Gasteiger partial charge on any atom is -0.477 e. The van der Waals surface area contributed by atoms with Crippen LogP contribution in [0.4, 0.5) is 9.18 Å². The highest BCUT2D eigenvalue weighted by Gasteiger charge is 2.18. The van der Waals surface area contributed by atoms with Gasteiger partial charge < -0.3 is 19.7 Å². The molecule has 2 heterocycles. The number of halogens is 1. The van der Waals surface area contributed by atoms with E-state index >= 15 is 4.39 Å². The summed E-state index contributed by atoms with van der Waals surface area (Å²) < 4.78 is 21.7. The number of hydrogen-bond acceptors (Lipinski definition) is 6. The Hall–Kier alpha value is -4.60. The van der Waals surface area contributed by atoms with Crippen LogP contribution in [0.15, 0.2) is 65.7 Å². The fourth-order valence-corrected chi connectivity index (χ4v) is 3.58. The van der Waals surface area contributed by atoms with E-state index in [-0.39, 0.29) is 35.6 Å². The number of carbonyl (C=O) groups excluding carboxylic acids is 1. The number of fused-ring (bicyclic) bond motifs is 1. The molecule has 0 aliphatic rings. The van der Waals surface area contributed by atoms with Crippen LogP contribution in [0.3, 0.4) is 0 Å². The van der Waals surface area contributed by atoms with Gasteiger partial charge in [-0.25, -0.2) is 23.9 Å². The zero-order valence-corrected chi connectivity index (χ0v) is 18.7. The average Bonchev–Trinajstić information content (AvgIpc) is 2.87. The molecule has 0 fully saturated rings. The largest absolute Gasteiger partial charge is 0.477 e. The predicted molar refractivity (Wildman–Crippen MR) is 125 cm³/mol. The van der Waals surface area contributed by atoms with E-state index in [4.69, 9.17) is 4.74 Å². The van der Waals surface area contributed by atoms with Crippen molar-refractivity contribution in [2.45, 2.75) is 26.6 Å². The van der Waals surface area contributed by atoms with Gasteiger partial charge in [0.05, 0.1) is 17.8 Å². The van der Waals surface area contributed by atoms with Gasteiger partial charge in [0.15, 0.2) is 0 Å². The van der Waals surface area contributed by atoms with Crippen LogP contribution in [0.5, 0.6) is 0 Å². The molecule has 4 rings (SSSR count). The molecular formula is C25H21FN4O5. The molecule has 9 nitrogen and oxygen atoms in total. The topological polar surface area (TPSA) is 123 Å². The standard InChI is InChI=1S/C25H21FN4O5/c1-2-30-13-18(24(32)33)23(31)17-10-19(26)16(11-21(17)30)20-8-9-27-22(29-20)12-28-25(34)35-14-15-6-4-3-5-7-15/h3-11,13H,2,12,14H2,1H3,(H,28,34)(H,32,33). The van der Waals surface area contributed by atoms with Gasteiger partial charge in [0.2, 0.25) is 5.43 Å². The van der Waals surface area contributed by atoms with Crippen LogP contribution in [0, 0.1) is 5.82 Å². The Morgan fingerprint density at radius 1 is 1.17 bits per heavy atom. The van der Waals surface area contributed by atoms with Crippen molar-refractivity contribution in [1.82, 2.24) is 19.9 Å². The number of rotatable bonds is 7. The number of carboxylic acids is 1. The molecule has 178 valence electrons. The van der Waals surface area contributed by atoms with Crippen LogP contribution in [0.1, 0.15) is 28.7 Å². The van der Waals surface area contributed by atoms with Gasteiger partial charge in [-0.2, -0.15) is 0 Å². The molecule has 0 radical (unpaired) electrons. The van der Waals surface area contributed by atoms with Gasteiger partial charge in [-0.1, -0.05) is 30.3 Å². The van der Waals surface area contributed by atoms with Crippen molar-refractivity contribution >= 4 is 23.0 Å². The molecule has 0 aliphatic heterocycles. The summed E-state index contributed by atoms with van der Waals surface area (Å²) in [5, 5.41) is 11.8. The highest BCUT2D eigenvalue weighted by atomic mass is 19.1. The summed E-state index contributed by atoms with van der Waals surface area (Å²) in [7, 11) is 0. The van der Waals surface area contributed by atoms with Crippen LogP contribution in [-0.4, -0.2) is 31.7 Å². The van der Waals surface area contributed by atoms with Gasteiger partial charge in [-0.3, -0.25) is 4.79 Å². The summed E-state index contributed by atoms with van der Waals surface area (Å²) in [6.45, 7) is 2.22. The number of aromatic carboxylic acids is 1. The minimum absolute atomic E-state index is 0.0369. The van der Waals surface area contributed by atoms with Crippen LogP contribution in [-0.2, 0) is 24.4 Å². The molecule has 0 saturated heterocycles. The summed E-state index contributed by atoms with van der Waals surface area (Å²) in [5.74, 6) is -1.88. The number of amides is 1. The van der Waals surface area contributed by atoms with E-state index in [9.17, 15) is 19.5 Å². The number of benzene rings is 2. The summed E-state index contributed by atoms with van der Waals surface area (Å²) in [6.07, 6.45) is 2.02. The van der Waals surface area contributed by atoms with Gasteiger partial charge in [0.1, 0.15) is 23.8 Å². The van der Waals surface area contributed by atoms with Crippen LogP contribution in [0.2, 0.25) is 0 Å². The zero-order chi connectivity index (χ0) is 24.9. The number of carboxylic acid groups (broad SMARTS) is 1. The zero-order valence-electron chi connectivity index (χ0n) is 18.7. The number of carbonyl (C=O) groups is 2. The first-order valence-corrected chi connectivity index (χ1v) is 10.7. The van der Waals surface area contributed by atoms with Crippen LogP contribution in [0.25, 0.3) is 22.2 Å². The van der Waals surface area contributed by atoms with Crippen molar-refractivity contribution in [3.63, 3.8) is 0 Å². The van der Waals surface area contributed by atoms with E-state index < -0.39 is 28.9 Å². The summed E-state index contributed by atoms with van der Waals surface area (Å²) in [4.78, 5) is 44.4. The maximum absolute atomic E-state index is 15.0. The van der Waals surface area contributed by atoms with Gasteiger partial charge >= 0.3 is 12.1 Å². The molecule has 0 bridgehead atoms. The molecule has 0 atom stereocenters. The normalized spacial score (nSPS) is 10.8. The number of aryl methyl sites for hydroxylation is 1. The smallest absolute Gasteiger partial charge is 0.407 e. The highest BCUT2D eigenvalue weighted by Crippen LogP contribution is 2.26.